The van der Waals surface area contributed by atoms with E-state index in [1.807, 2.05) is 37.4 Å². The predicted molar refractivity (Wildman–Crippen MR) is 116 cm³/mol. The van der Waals surface area contributed by atoms with Crippen LogP contribution >= 0.6 is 0 Å². The van der Waals surface area contributed by atoms with Crippen LogP contribution in [0.15, 0.2) is 54.9 Å². The SMILES string of the molecule is Cc1ncccc1OCc1cc(N2CCOCC2)nc(-c2ccc3[nH]ccc3c2)n1. The normalized spacial score (nSPS) is 14.2. The second-order valence-corrected chi connectivity index (χ2v) is 7.30. The number of aryl methyl sites for hydroxylation is 1. The summed E-state index contributed by atoms with van der Waals surface area (Å²) in [6.07, 6.45) is 3.70. The van der Waals surface area contributed by atoms with Gasteiger partial charge in [0, 0.05) is 48.0 Å². The molecule has 1 aliphatic rings. The summed E-state index contributed by atoms with van der Waals surface area (Å²) in [4.78, 5) is 19.4. The first-order chi connectivity index (χ1) is 14.8. The van der Waals surface area contributed by atoms with Crippen molar-refractivity contribution in [1.82, 2.24) is 19.9 Å². The topological polar surface area (TPSA) is 76.2 Å². The highest BCUT2D eigenvalue weighted by atomic mass is 16.5. The number of ether oxygens (including phenoxy) is 2. The number of anilines is 1. The molecule has 0 atom stereocenters. The first-order valence-electron chi connectivity index (χ1n) is 10.1. The van der Waals surface area contributed by atoms with Crippen molar-refractivity contribution >= 4 is 16.7 Å². The van der Waals surface area contributed by atoms with E-state index >= 15 is 0 Å². The van der Waals surface area contributed by atoms with Gasteiger partial charge in [-0.15, -0.1) is 0 Å². The van der Waals surface area contributed by atoms with Gasteiger partial charge in [-0.25, -0.2) is 9.97 Å². The van der Waals surface area contributed by atoms with Crippen LogP contribution in [0.1, 0.15) is 11.4 Å². The maximum absolute atomic E-state index is 6.01. The molecule has 7 nitrogen and oxygen atoms in total. The lowest BCUT2D eigenvalue weighted by Gasteiger charge is -2.28. The van der Waals surface area contributed by atoms with E-state index in [0.717, 1.165) is 52.5 Å². The van der Waals surface area contributed by atoms with Crippen LogP contribution < -0.4 is 9.64 Å². The third kappa shape index (κ3) is 3.84. The molecule has 3 aromatic heterocycles. The fourth-order valence-electron chi connectivity index (χ4n) is 3.61. The van der Waals surface area contributed by atoms with Crippen LogP contribution in [-0.4, -0.2) is 46.2 Å². The van der Waals surface area contributed by atoms with E-state index < -0.39 is 0 Å². The number of morpholine rings is 1. The molecule has 0 saturated carbocycles. The number of fused-ring (bicyclic) bond motifs is 1. The van der Waals surface area contributed by atoms with Crippen molar-refractivity contribution in [3.05, 3.63) is 66.2 Å². The molecule has 1 aromatic carbocycles. The Balaban J connectivity index is 1.50. The van der Waals surface area contributed by atoms with Crippen molar-refractivity contribution in [3.8, 4) is 17.1 Å². The second-order valence-electron chi connectivity index (χ2n) is 7.30. The molecule has 0 bridgehead atoms. The molecule has 30 heavy (non-hydrogen) atoms. The van der Waals surface area contributed by atoms with E-state index in [4.69, 9.17) is 19.4 Å². The number of pyridine rings is 1. The van der Waals surface area contributed by atoms with Gasteiger partial charge in [0.25, 0.3) is 0 Å². The molecule has 0 amide bonds. The molecule has 1 aliphatic heterocycles. The minimum Gasteiger partial charge on any atom is -0.485 e. The number of aromatic amines is 1. The lowest BCUT2D eigenvalue weighted by atomic mass is 10.1. The van der Waals surface area contributed by atoms with Crippen LogP contribution in [0.2, 0.25) is 0 Å². The van der Waals surface area contributed by atoms with Crippen molar-refractivity contribution in [2.45, 2.75) is 13.5 Å². The zero-order valence-electron chi connectivity index (χ0n) is 16.8. The molecule has 4 aromatic rings. The Morgan fingerprint density at radius 2 is 2.00 bits per heavy atom. The number of hydrogen-bond acceptors (Lipinski definition) is 6. The Morgan fingerprint density at radius 3 is 2.87 bits per heavy atom. The van der Waals surface area contributed by atoms with E-state index in [1.54, 1.807) is 6.20 Å². The Bertz CT molecular complexity index is 1170. The average Bonchev–Trinajstić information content (AvgIpc) is 3.27. The van der Waals surface area contributed by atoms with Crippen molar-refractivity contribution in [3.63, 3.8) is 0 Å². The number of aromatic nitrogens is 4. The molecule has 0 spiro atoms. The van der Waals surface area contributed by atoms with Crippen molar-refractivity contribution in [1.29, 1.82) is 0 Å². The molecular formula is C23H23N5O2. The van der Waals surface area contributed by atoms with Gasteiger partial charge in [-0.05, 0) is 43.3 Å². The molecule has 0 radical (unpaired) electrons. The summed E-state index contributed by atoms with van der Waals surface area (Å²) in [5.74, 6) is 2.36. The molecule has 4 heterocycles. The number of benzene rings is 1. The van der Waals surface area contributed by atoms with Gasteiger partial charge in [-0.3, -0.25) is 4.98 Å². The van der Waals surface area contributed by atoms with Crippen LogP contribution in [0.25, 0.3) is 22.3 Å². The summed E-state index contributed by atoms with van der Waals surface area (Å²) in [5.41, 5.74) is 3.77. The highest BCUT2D eigenvalue weighted by molar-refractivity contribution is 5.84. The van der Waals surface area contributed by atoms with Crippen LogP contribution in [0.5, 0.6) is 5.75 Å². The molecular weight excluding hydrogens is 378 g/mol. The Hall–Kier alpha value is -3.45. The van der Waals surface area contributed by atoms with E-state index in [-0.39, 0.29) is 0 Å². The maximum atomic E-state index is 6.01. The zero-order valence-corrected chi connectivity index (χ0v) is 16.8. The predicted octanol–water partition coefficient (Wildman–Crippen LogP) is 3.74. The van der Waals surface area contributed by atoms with Crippen LogP contribution in [0.3, 0.4) is 0 Å². The standard InChI is InChI=1S/C23H23N5O2/c1-16-21(3-2-7-24-16)30-15-19-14-22(28-9-11-29-12-10-28)27-23(26-19)18-4-5-20-17(13-18)6-8-25-20/h2-8,13-14,25H,9-12,15H2,1H3. The van der Waals surface area contributed by atoms with Gasteiger partial charge < -0.3 is 19.4 Å². The fourth-order valence-corrected chi connectivity index (χ4v) is 3.61. The van der Waals surface area contributed by atoms with E-state index in [2.05, 4.69) is 33.1 Å². The summed E-state index contributed by atoms with van der Waals surface area (Å²) < 4.78 is 11.5. The highest BCUT2D eigenvalue weighted by Crippen LogP contribution is 2.25. The smallest absolute Gasteiger partial charge is 0.161 e. The van der Waals surface area contributed by atoms with Gasteiger partial charge in [0.05, 0.1) is 24.6 Å². The van der Waals surface area contributed by atoms with Gasteiger partial charge in [0.2, 0.25) is 0 Å². The monoisotopic (exact) mass is 401 g/mol. The molecule has 5 rings (SSSR count). The molecule has 1 saturated heterocycles. The average molecular weight is 401 g/mol. The highest BCUT2D eigenvalue weighted by Gasteiger charge is 2.16. The first kappa shape index (κ1) is 18.6. The molecule has 152 valence electrons. The number of nitrogens with zero attached hydrogens (tertiary/aromatic N) is 4. The van der Waals surface area contributed by atoms with Crippen LogP contribution in [0.4, 0.5) is 5.82 Å². The quantitative estimate of drug-likeness (QED) is 0.549. The summed E-state index contributed by atoms with van der Waals surface area (Å²) in [6, 6.07) is 14.1. The number of rotatable bonds is 5. The van der Waals surface area contributed by atoms with Crippen molar-refractivity contribution in [2.75, 3.05) is 31.2 Å². The van der Waals surface area contributed by atoms with E-state index in [0.29, 0.717) is 25.6 Å². The lowest BCUT2D eigenvalue weighted by molar-refractivity contribution is 0.122. The van der Waals surface area contributed by atoms with E-state index in [9.17, 15) is 0 Å². The fraction of sp³-hybridized carbons (Fsp3) is 0.261. The Morgan fingerprint density at radius 1 is 1.10 bits per heavy atom. The van der Waals surface area contributed by atoms with Crippen molar-refractivity contribution < 1.29 is 9.47 Å². The van der Waals surface area contributed by atoms with Crippen molar-refractivity contribution in [2.24, 2.45) is 0 Å². The lowest BCUT2D eigenvalue weighted by Crippen LogP contribution is -2.37. The first-order valence-corrected chi connectivity index (χ1v) is 10.1. The number of nitrogens with one attached hydrogen (secondary N) is 1. The number of H-pyrrole nitrogens is 1. The largest absolute Gasteiger partial charge is 0.485 e. The molecule has 1 fully saturated rings. The van der Waals surface area contributed by atoms with Gasteiger partial charge in [-0.2, -0.15) is 0 Å². The van der Waals surface area contributed by atoms with Gasteiger partial charge in [0.15, 0.2) is 5.82 Å². The zero-order chi connectivity index (χ0) is 20.3. The Kier molecular flexibility index (Phi) is 5.03. The summed E-state index contributed by atoms with van der Waals surface area (Å²) >= 11 is 0. The van der Waals surface area contributed by atoms with Gasteiger partial charge in [0.1, 0.15) is 18.2 Å². The minimum atomic E-state index is 0.353. The molecule has 0 unspecified atom stereocenters. The second kappa shape index (κ2) is 8.12. The third-order valence-corrected chi connectivity index (χ3v) is 5.25. The minimum absolute atomic E-state index is 0.353. The van der Waals surface area contributed by atoms with Crippen LogP contribution in [0, 0.1) is 6.92 Å². The van der Waals surface area contributed by atoms with Gasteiger partial charge in [-0.1, -0.05) is 0 Å². The Labute approximate surface area is 174 Å². The maximum Gasteiger partial charge on any atom is 0.161 e. The van der Waals surface area contributed by atoms with Crippen LogP contribution in [-0.2, 0) is 11.3 Å². The third-order valence-electron chi connectivity index (χ3n) is 5.25. The summed E-state index contributed by atoms with van der Waals surface area (Å²) in [6.45, 7) is 5.33. The van der Waals surface area contributed by atoms with E-state index in [1.165, 1.54) is 0 Å². The molecule has 0 aliphatic carbocycles. The summed E-state index contributed by atoms with van der Waals surface area (Å²) in [7, 11) is 0. The molecule has 1 N–H and O–H groups in total. The summed E-state index contributed by atoms with van der Waals surface area (Å²) in [5, 5.41) is 1.14. The van der Waals surface area contributed by atoms with Gasteiger partial charge >= 0.3 is 0 Å². The molecule has 7 heteroatoms. The number of hydrogen-bond donors (Lipinski definition) is 1.